The van der Waals surface area contributed by atoms with E-state index in [1.807, 2.05) is 31.2 Å². The van der Waals surface area contributed by atoms with E-state index in [0.717, 1.165) is 23.1 Å². The lowest BCUT2D eigenvalue weighted by atomic mass is 10.1. The summed E-state index contributed by atoms with van der Waals surface area (Å²) < 4.78 is 10.5. The molecule has 2 N–H and O–H groups in total. The molecule has 0 bridgehead atoms. The Balaban J connectivity index is 1.54. The van der Waals surface area contributed by atoms with E-state index < -0.39 is 0 Å². The van der Waals surface area contributed by atoms with Crippen LogP contribution in [0.1, 0.15) is 18.2 Å². The predicted octanol–water partition coefficient (Wildman–Crippen LogP) is 2.89. The molecule has 0 aliphatic rings. The third kappa shape index (κ3) is 6.08. The standard InChI is InChI=1S/C21H22N4O4S/c1-3-29-17-8-4-14(5-9-17)12-18-20(27)23-21(25-24-18)30-13-19(26)22-15-6-10-16(28-2)11-7-15/h4-11H,3,12-13H2,1-2H3,(H,22,26)(H,23,25,27). The van der Waals surface area contributed by atoms with Crippen molar-refractivity contribution in [1.82, 2.24) is 15.2 Å². The summed E-state index contributed by atoms with van der Waals surface area (Å²) in [5.74, 6) is 1.36. The van der Waals surface area contributed by atoms with E-state index in [-0.39, 0.29) is 17.2 Å². The molecule has 30 heavy (non-hydrogen) atoms. The van der Waals surface area contributed by atoms with Crippen molar-refractivity contribution in [3.63, 3.8) is 0 Å². The van der Waals surface area contributed by atoms with Crippen LogP contribution >= 0.6 is 11.8 Å². The second-order valence-corrected chi connectivity index (χ2v) is 7.19. The Morgan fingerprint density at radius 1 is 1.07 bits per heavy atom. The van der Waals surface area contributed by atoms with E-state index in [1.54, 1.807) is 31.4 Å². The van der Waals surface area contributed by atoms with E-state index >= 15 is 0 Å². The number of carbonyl (C=O) groups excluding carboxylic acids is 1. The summed E-state index contributed by atoms with van der Waals surface area (Å²) in [4.78, 5) is 27.1. The van der Waals surface area contributed by atoms with Gasteiger partial charge in [-0.1, -0.05) is 23.9 Å². The van der Waals surface area contributed by atoms with Gasteiger partial charge < -0.3 is 14.8 Å². The summed E-state index contributed by atoms with van der Waals surface area (Å²) in [6.45, 7) is 2.52. The minimum absolute atomic E-state index is 0.0921. The SMILES string of the molecule is CCOc1ccc(Cc2nnc(SCC(=O)Nc3ccc(OC)cc3)[nH]c2=O)cc1. The number of hydrogen-bond acceptors (Lipinski definition) is 7. The summed E-state index contributed by atoms with van der Waals surface area (Å²) in [6, 6.07) is 14.5. The van der Waals surface area contributed by atoms with Gasteiger partial charge in [0.25, 0.3) is 5.56 Å². The van der Waals surface area contributed by atoms with Gasteiger partial charge in [-0.15, -0.1) is 10.2 Å². The van der Waals surface area contributed by atoms with Crippen LogP contribution in [0, 0.1) is 0 Å². The third-order valence-electron chi connectivity index (χ3n) is 4.06. The Labute approximate surface area is 178 Å². The van der Waals surface area contributed by atoms with Gasteiger partial charge in [-0.05, 0) is 48.9 Å². The largest absolute Gasteiger partial charge is 0.497 e. The zero-order chi connectivity index (χ0) is 21.3. The normalized spacial score (nSPS) is 10.5. The van der Waals surface area contributed by atoms with Crippen molar-refractivity contribution >= 4 is 23.4 Å². The number of thioether (sulfide) groups is 1. The second-order valence-electron chi connectivity index (χ2n) is 6.23. The number of benzene rings is 2. The smallest absolute Gasteiger partial charge is 0.273 e. The molecule has 0 saturated carbocycles. The monoisotopic (exact) mass is 426 g/mol. The van der Waals surface area contributed by atoms with Crippen molar-refractivity contribution < 1.29 is 14.3 Å². The number of rotatable bonds is 9. The van der Waals surface area contributed by atoms with Crippen molar-refractivity contribution in [2.75, 3.05) is 24.8 Å². The molecule has 3 aromatic rings. The molecule has 9 heteroatoms. The Morgan fingerprint density at radius 3 is 2.40 bits per heavy atom. The Kier molecular flexibility index (Phi) is 7.45. The number of H-pyrrole nitrogens is 1. The highest BCUT2D eigenvalue weighted by Crippen LogP contribution is 2.17. The Bertz CT molecular complexity index is 1040. The number of aromatic nitrogens is 3. The average Bonchev–Trinajstić information content (AvgIpc) is 2.76. The number of nitrogens with one attached hydrogen (secondary N) is 2. The van der Waals surface area contributed by atoms with Crippen LogP contribution in [0.25, 0.3) is 0 Å². The van der Waals surface area contributed by atoms with Crippen LogP contribution in [0.2, 0.25) is 0 Å². The summed E-state index contributed by atoms with van der Waals surface area (Å²) in [5.41, 5.74) is 1.58. The Hall–Kier alpha value is -3.33. The van der Waals surface area contributed by atoms with Crippen molar-refractivity contribution in [3.05, 3.63) is 70.1 Å². The van der Waals surface area contributed by atoms with Crippen LogP contribution in [0.3, 0.4) is 0 Å². The fourth-order valence-corrected chi connectivity index (χ4v) is 3.20. The van der Waals surface area contributed by atoms with E-state index in [4.69, 9.17) is 9.47 Å². The van der Waals surface area contributed by atoms with Crippen LogP contribution in [0.4, 0.5) is 5.69 Å². The van der Waals surface area contributed by atoms with E-state index in [9.17, 15) is 9.59 Å². The average molecular weight is 426 g/mol. The van der Waals surface area contributed by atoms with Crippen molar-refractivity contribution in [2.45, 2.75) is 18.5 Å². The first-order chi connectivity index (χ1) is 14.6. The predicted molar refractivity (Wildman–Crippen MR) is 115 cm³/mol. The van der Waals surface area contributed by atoms with Gasteiger partial charge in [0.1, 0.15) is 17.2 Å². The molecule has 0 atom stereocenters. The molecular formula is C21H22N4O4S. The molecule has 0 aliphatic carbocycles. The van der Waals surface area contributed by atoms with Crippen molar-refractivity contribution in [1.29, 1.82) is 0 Å². The van der Waals surface area contributed by atoms with Gasteiger partial charge in [-0.3, -0.25) is 14.6 Å². The maximum Gasteiger partial charge on any atom is 0.273 e. The van der Waals surface area contributed by atoms with Crippen LogP contribution in [0.5, 0.6) is 11.5 Å². The molecule has 0 radical (unpaired) electrons. The molecule has 156 valence electrons. The van der Waals surface area contributed by atoms with E-state index in [2.05, 4.69) is 20.5 Å². The van der Waals surface area contributed by atoms with Gasteiger partial charge in [0.2, 0.25) is 5.91 Å². The van der Waals surface area contributed by atoms with E-state index in [0.29, 0.717) is 35.3 Å². The first kappa shape index (κ1) is 21.4. The van der Waals surface area contributed by atoms with Crippen LogP contribution < -0.4 is 20.3 Å². The third-order valence-corrected chi connectivity index (χ3v) is 4.93. The molecular weight excluding hydrogens is 404 g/mol. The number of methoxy groups -OCH3 is 1. The minimum Gasteiger partial charge on any atom is -0.497 e. The molecule has 2 aromatic carbocycles. The summed E-state index contributed by atoms with van der Waals surface area (Å²) in [5, 5.41) is 11.1. The highest BCUT2D eigenvalue weighted by molar-refractivity contribution is 7.99. The maximum absolute atomic E-state index is 12.3. The summed E-state index contributed by atoms with van der Waals surface area (Å²) >= 11 is 1.11. The van der Waals surface area contributed by atoms with Gasteiger partial charge in [0.05, 0.1) is 19.5 Å². The topological polar surface area (TPSA) is 106 Å². The van der Waals surface area contributed by atoms with Gasteiger partial charge in [-0.25, -0.2) is 0 Å². The quantitative estimate of drug-likeness (QED) is 0.507. The van der Waals surface area contributed by atoms with Gasteiger partial charge in [0.15, 0.2) is 5.16 Å². The van der Waals surface area contributed by atoms with Crippen LogP contribution in [0.15, 0.2) is 58.5 Å². The summed E-state index contributed by atoms with van der Waals surface area (Å²) in [7, 11) is 1.58. The molecule has 0 aliphatic heterocycles. The number of hydrogen-bond donors (Lipinski definition) is 2. The molecule has 3 rings (SSSR count). The number of anilines is 1. The fraction of sp³-hybridized carbons (Fsp3) is 0.238. The number of aromatic amines is 1. The molecule has 1 aromatic heterocycles. The highest BCUT2D eigenvalue weighted by Gasteiger charge is 2.09. The molecule has 1 heterocycles. The van der Waals surface area contributed by atoms with Gasteiger partial charge in [-0.2, -0.15) is 0 Å². The zero-order valence-corrected chi connectivity index (χ0v) is 17.5. The second kappa shape index (κ2) is 10.4. The lowest BCUT2D eigenvalue weighted by molar-refractivity contribution is -0.113. The van der Waals surface area contributed by atoms with E-state index in [1.165, 1.54) is 0 Å². The first-order valence-corrected chi connectivity index (χ1v) is 10.3. The molecule has 1 amide bonds. The van der Waals surface area contributed by atoms with Crippen molar-refractivity contribution in [2.24, 2.45) is 0 Å². The fourth-order valence-electron chi connectivity index (χ4n) is 2.59. The minimum atomic E-state index is -0.322. The molecule has 0 fully saturated rings. The van der Waals surface area contributed by atoms with Gasteiger partial charge >= 0.3 is 0 Å². The first-order valence-electron chi connectivity index (χ1n) is 9.31. The van der Waals surface area contributed by atoms with Crippen molar-refractivity contribution in [3.8, 4) is 11.5 Å². The number of carbonyl (C=O) groups is 1. The Morgan fingerprint density at radius 2 is 1.77 bits per heavy atom. The lowest BCUT2D eigenvalue weighted by Crippen LogP contribution is -2.19. The maximum atomic E-state index is 12.3. The number of ether oxygens (including phenoxy) is 2. The summed E-state index contributed by atoms with van der Waals surface area (Å²) in [6.07, 6.45) is 0.359. The number of nitrogens with zero attached hydrogens (tertiary/aromatic N) is 2. The molecule has 0 unspecified atom stereocenters. The molecule has 0 spiro atoms. The lowest BCUT2D eigenvalue weighted by Gasteiger charge is -2.06. The van der Waals surface area contributed by atoms with Gasteiger partial charge in [0, 0.05) is 12.1 Å². The molecule has 0 saturated heterocycles. The molecule has 8 nitrogen and oxygen atoms in total. The zero-order valence-electron chi connectivity index (χ0n) is 16.7. The number of amides is 1. The highest BCUT2D eigenvalue weighted by atomic mass is 32.2. The van der Waals surface area contributed by atoms with Crippen LogP contribution in [-0.2, 0) is 11.2 Å². The van der Waals surface area contributed by atoms with Crippen LogP contribution in [-0.4, -0.2) is 40.6 Å².